The van der Waals surface area contributed by atoms with E-state index in [2.05, 4.69) is 9.73 Å². The van der Waals surface area contributed by atoms with Crippen LogP contribution in [0.4, 0.5) is 13.2 Å². The lowest BCUT2D eigenvalue weighted by molar-refractivity contribution is -0.176. The van der Waals surface area contributed by atoms with E-state index in [1.54, 1.807) is 24.3 Å². The number of rotatable bonds is 5. The van der Waals surface area contributed by atoms with Crippen molar-refractivity contribution in [2.75, 3.05) is 6.61 Å². The highest BCUT2D eigenvalue weighted by atomic mass is 19.4. The van der Waals surface area contributed by atoms with Gasteiger partial charge in [0.15, 0.2) is 5.96 Å². The van der Waals surface area contributed by atoms with Crippen molar-refractivity contribution in [1.29, 1.82) is 0 Å². The van der Waals surface area contributed by atoms with Crippen LogP contribution >= 0.6 is 0 Å². The van der Waals surface area contributed by atoms with E-state index in [4.69, 9.17) is 11.5 Å². The van der Waals surface area contributed by atoms with E-state index in [1.807, 2.05) is 0 Å². The summed E-state index contributed by atoms with van der Waals surface area (Å²) >= 11 is 0. The number of halogens is 3. The summed E-state index contributed by atoms with van der Waals surface area (Å²) in [4.78, 5) is 3.81. The zero-order valence-electron chi connectivity index (χ0n) is 9.57. The quantitative estimate of drug-likeness (QED) is 0.623. The molecule has 7 heteroatoms. The molecular formula is C11H14F3N3O. The van der Waals surface area contributed by atoms with Crippen molar-refractivity contribution in [2.45, 2.75) is 19.3 Å². The molecule has 0 saturated carbocycles. The first kappa shape index (κ1) is 14.3. The number of ether oxygens (including phenoxy) is 1. The average Bonchev–Trinajstić information content (AvgIpc) is 2.26. The molecule has 1 aromatic rings. The van der Waals surface area contributed by atoms with Gasteiger partial charge in [0.05, 0.1) is 13.2 Å². The third kappa shape index (κ3) is 6.09. The molecular weight excluding hydrogens is 247 g/mol. The Morgan fingerprint density at radius 3 is 2.17 bits per heavy atom. The topological polar surface area (TPSA) is 73.6 Å². The molecule has 0 aliphatic rings. The first-order chi connectivity index (χ1) is 8.37. The largest absolute Gasteiger partial charge is 0.411 e. The highest BCUT2D eigenvalue weighted by Gasteiger charge is 2.27. The number of nitrogens with zero attached hydrogens (tertiary/aromatic N) is 1. The summed E-state index contributed by atoms with van der Waals surface area (Å²) in [6.07, 6.45) is -4.30. The minimum absolute atomic E-state index is 0.00686. The summed E-state index contributed by atoms with van der Waals surface area (Å²) < 4.78 is 40.0. The van der Waals surface area contributed by atoms with Gasteiger partial charge in [0, 0.05) is 0 Å². The van der Waals surface area contributed by atoms with Gasteiger partial charge < -0.3 is 16.2 Å². The molecule has 0 saturated heterocycles. The predicted molar refractivity (Wildman–Crippen MR) is 61.7 cm³/mol. The van der Waals surface area contributed by atoms with Crippen LogP contribution in [-0.4, -0.2) is 18.7 Å². The molecule has 100 valence electrons. The molecule has 0 bridgehead atoms. The fourth-order valence-corrected chi connectivity index (χ4v) is 1.21. The maximum absolute atomic E-state index is 11.8. The van der Waals surface area contributed by atoms with Gasteiger partial charge >= 0.3 is 6.18 Å². The van der Waals surface area contributed by atoms with Crippen LogP contribution in [0.1, 0.15) is 11.1 Å². The lowest BCUT2D eigenvalue weighted by Crippen LogP contribution is -2.22. The van der Waals surface area contributed by atoms with Crippen LogP contribution < -0.4 is 11.5 Å². The molecule has 0 atom stereocenters. The number of hydrogen-bond donors (Lipinski definition) is 2. The molecule has 0 heterocycles. The molecule has 4 N–H and O–H groups in total. The van der Waals surface area contributed by atoms with Crippen molar-refractivity contribution in [2.24, 2.45) is 16.5 Å². The van der Waals surface area contributed by atoms with Crippen molar-refractivity contribution >= 4 is 5.96 Å². The van der Waals surface area contributed by atoms with Gasteiger partial charge in [-0.15, -0.1) is 0 Å². The number of aliphatic imine (C=N–C) groups is 1. The van der Waals surface area contributed by atoms with Gasteiger partial charge in [-0.2, -0.15) is 13.2 Å². The molecule has 18 heavy (non-hydrogen) atoms. The van der Waals surface area contributed by atoms with Crippen molar-refractivity contribution < 1.29 is 17.9 Å². The van der Waals surface area contributed by atoms with E-state index in [1.165, 1.54) is 0 Å². The lowest BCUT2D eigenvalue weighted by Gasteiger charge is -2.07. The third-order valence-electron chi connectivity index (χ3n) is 2.00. The average molecular weight is 261 g/mol. The molecule has 0 amide bonds. The van der Waals surface area contributed by atoms with E-state index in [9.17, 15) is 13.2 Å². The zero-order chi connectivity index (χ0) is 13.6. The van der Waals surface area contributed by atoms with Crippen LogP contribution in [0.2, 0.25) is 0 Å². The molecule has 0 fully saturated rings. The van der Waals surface area contributed by atoms with Gasteiger partial charge in [-0.25, -0.2) is 4.99 Å². The maximum atomic E-state index is 11.8. The summed E-state index contributed by atoms with van der Waals surface area (Å²) in [7, 11) is 0. The minimum atomic E-state index is -4.30. The molecule has 0 spiro atoms. The lowest BCUT2D eigenvalue weighted by atomic mass is 10.1. The number of guanidine groups is 1. The van der Waals surface area contributed by atoms with Crippen molar-refractivity contribution in [3.8, 4) is 0 Å². The number of nitrogens with two attached hydrogens (primary N) is 2. The molecule has 0 radical (unpaired) electrons. The SMILES string of the molecule is NC(N)=NCc1ccc(COCC(F)(F)F)cc1. The summed E-state index contributed by atoms with van der Waals surface area (Å²) in [5, 5.41) is 0. The van der Waals surface area contributed by atoms with Crippen LogP contribution in [0, 0.1) is 0 Å². The fourth-order valence-electron chi connectivity index (χ4n) is 1.21. The van der Waals surface area contributed by atoms with Crippen molar-refractivity contribution in [3.05, 3.63) is 35.4 Å². The van der Waals surface area contributed by atoms with Gasteiger partial charge in [-0.05, 0) is 11.1 Å². The number of benzene rings is 1. The normalized spacial score (nSPS) is 11.3. The third-order valence-corrected chi connectivity index (χ3v) is 2.00. The molecule has 0 aliphatic carbocycles. The molecule has 0 unspecified atom stereocenters. The fraction of sp³-hybridized carbons (Fsp3) is 0.364. The van der Waals surface area contributed by atoms with E-state index < -0.39 is 12.8 Å². The molecule has 1 aromatic carbocycles. The predicted octanol–water partition coefficient (Wildman–Crippen LogP) is 1.54. The Labute approximate surface area is 102 Å². The van der Waals surface area contributed by atoms with Crippen LogP contribution in [0.5, 0.6) is 0 Å². The molecule has 0 aliphatic heterocycles. The smallest absolute Gasteiger partial charge is 0.370 e. The Kier molecular flexibility index (Phi) is 4.96. The number of alkyl halides is 3. The van der Waals surface area contributed by atoms with Crippen molar-refractivity contribution in [3.63, 3.8) is 0 Å². The highest BCUT2D eigenvalue weighted by Crippen LogP contribution is 2.15. The summed E-state index contributed by atoms with van der Waals surface area (Å²) in [5.41, 5.74) is 11.9. The van der Waals surface area contributed by atoms with Crippen LogP contribution in [-0.2, 0) is 17.9 Å². The molecule has 4 nitrogen and oxygen atoms in total. The molecule has 0 aromatic heterocycles. The van der Waals surface area contributed by atoms with Crippen LogP contribution in [0.15, 0.2) is 29.3 Å². The van der Waals surface area contributed by atoms with Crippen LogP contribution in [0.25, 0.3) is 0 Å². The van der Waals surface area contributed by atoms with Gasteiger partial charge in [-0.1, -0.05) is 24.3 Å². The van der Waals surface area contributed by atoms with Gasteiger partial charge in [0.1, 0.15) is 6.61 Å². The monoisotopic (exact) mass is 261 g/mol. The Hall–Kier alpha value is -1.76. The molecule has 1 rings (SSSR count). The van der Waals surface area contributed by atoms with Crippen LogP contribution in [0.3, 0.4) is 0 Å². The van der Waals surface area contributed by atoms with E-state index in [0.29, 0.717) is 12.1 Å². The van der Waals surface area contributed by atoms with Crippen molar-refractivity contribution in [1.82, 2.24) is 0 Å². The summed E-state index contributed by atoms with van der Waals surface area (Å²) in [6, 6.07) is 6.82. The standard InChI is InChI=1S/C11H14F3N3O/c12-11(13,14)7-18-6-9-3-1-8(2-4-9)5-17-10(15)16/h1-4H,5-7H2,(H4,15,16,17). The summed E-state index contributed by atoms with van der Waals surface area (Å²) in [6.45, 7) is -0.989. The second-order valence-electron chi connectivity index (χ2n) is 3.67. The number of hydrogen-bond acceptors (Lipinski definition) is 2. The maximum Gasteiger partial charge on any atom is 0.411 e. The Bertz CT molecular complexity index is 397. The van der Waals surface area contributed by atoms with Gasteiger partial charge in [0.25, 0.3) is 0 Å². The van der Waals surface area contributed by atoms with E-state index >= 15 is 0 Å². The Morgan fingerprint density at radius 1 is 1.11 bits per heavy atom. The zero-order valence-corrected chi connectivity index (χ0v) is 9.57. The van der Waals surface area contributed by atoms with E-state index in [-0.39, 0.29) is 12.6 Å². The second-order valence-corrected chi connectivity index (χ2v) is 3.67. The minimum Gasteiger partial charge on any atom is -0.370 e. The van der Waals surface area contributed by atoms with Gasteiger partial charge in [0.2, 0.25) is 0 Å². The second kappa shape index (κ2) is 6.25. The first-order valence-corrected chi connectivity index (χ1v) is 5.14. The highest BCUT2D eigenvalue weighted by molar-refractivity contribution is 5.75. The first-order valence-electron chi connectivity index (χ1n) is 5.14. The Morgan fingerprint density at radius 2 is 1.67 bits per heavy atom. The Balaban J connectivity index is 2.43. The van der Waals surface area contributed by atoms with E-state index in [0.717, 1.165) is 5.56 Å². The van der Waals surface area contributed by atoms with Gasteiger partial charge in [-0.3, -0.25) is 0 Å². The summed E-state index contributed by atoms with van der Waals surface area (Å²) in [5.74, 6) is -0.00686.